The smallest absolute Gasteiger partial charge is 0.137 e. The van der Waals surface area contributed by atoms with Crippen molar-refractivity contribution in [2.24, 2.45) is 0 Å². The van der Waals surface area contributed by atoms with Crippen LogP contribution >= 0.6 is 0 Å². The summed E-state index contributed by atoms with van der Waals surface area (Å²) in [5.41, 5.74) is -3.52. The molecular formula is C54H34N2O. The Morgan fingerprint density at radius 1 is 0.351 bits per heavy atom. The number of para-hydroxylation sites is 2. The minimum Gasteiger partial charge on any atom is -0.456 e. The van der Waals surface area contributed by atoms with Crippen LogP contribution < -0.4 is 0 Å². The van der Waals surface area contributed by atoms with E-state index in [9.17, 15) is 16.4 Å². The third-order valence-electron chi connectivity index (χ3n) is 9.85. The zero-order valence-corrected chi connectivity index (χ0v) is 29.0. The quantitative estimate of drug-likeness (QED) is 0.172. The molecule has 57 heavy (non-hydrogen) atoms. The van der Waals surface area contributed by atoms with Gasteiger partial charge in [-0.2, -0.15) is 0 Å². The molecule has 0 N–H and O–H groups in total. The molecule has 0 fully saturated rings. The van der Waals surface area contributed by atoms with E-state index in [1.807, 2.05) is 0 Å². The molecule has 3 nitrogen and oxygen atoms in total. The van der Waals surface area contributed by atoms with E-state index in [1.165, 1.54) is 4.57 Å². The maximum atomic E-state index is 10.0. The molecule has 0 bridgehead atoms. The number of hydrogen-bond donors (Lipinski definition) is 0. The molecule has 0 aliphatic carbocycles. The van der Waals surface area contributed by atoms with Gasteiger partial charge in [-0.1, -0.05) is 133 Å². The largest absolute Gasteiger partial charge is 0.456 e. The maximum Gasteiger partial charge on any atom is 0.137 e. The Kier molecular flexibility index (Phi) is 3.46. The molecule has 3 heteroatoms. The first-order valence-corrected chi connectivity index (χ1v) is 17.5. The highest BCUT2D eigenvalue weighted by Crippen LogP contribution is 2.42. The van der Waals surface area contributed by atoms with E-state index in [0.29, 0.717) is 5.56 Å². The molecule has 0 radical (unpaired) electrons. The van der Waals surface area contributed by atoms with Gasteiger partial charge in [0.1, 0.15) is 11.2 Å². The maximum absolute atomic E-state index is 10.0. The van der Waals surface area contributed by atoms with Crippen molar-refractivity contribution in [3.63, 3.8) is 0 Å². The fraction of sp³-hybridized carbons (Fsp3) is 0. The second-order valence-corrected chi connectivity index (χ2v) is 13.0. The molecule has 3 aromatic heterocycles. The average Bonchev–Trinajstić information content (AvgIpc) is 1.90. The Morgan fingerprint density at radius 3 is 1.77 bits per heavy atom. The fourth-order valence-electron chi connectivity index (χ4n) is 7.31. The van der Waals surface area contributed by atoms with Gasteiger partial charge < -0.3 is 13.6 Å². The highest BCUT2D eigenvalue weighted by molar-refractivity contribution is 6.16. The van der Waals surface area contributed by atoms with Crippen molar-refractivity contribution in [1.82, 2.24) is 9.13 Å². The number of nitrogens with zero attached hydrogens (tertiary/aromatic N) is 2. The van der Waals surface area contributed by atoms with Gasteiger partial charge in [-0.25, -0.2) is 0 Å². The third-order valence-corrected chi connectivity index (χ3v) is 9.85. The van der Waals surface area contributed by atoms with Crippen molar-refractivity contribution < 1.29 is 38.7 Å². The van der Waals surface area contributed by atoms with E-state index in [1.54, 1.807) is 48.5 Å². The molecule has 9 aromatic carbocycles. The standard InChI is InChI=1S/C54H34N2O/c1-3-12-35(13-4-1)37-22-27-41(28-23-37)55-47-18-9-7-16-42(47)45-32-38(25-30-49(45)55)39-26-31-50-46(33-39)43-17-8-10-19-48(43)56(50)51-20-11-21-52-54(51)44-29-24-40(34-53(44)57-52)36-14-5-2-6-15-36/h1-34H/i1D,2D,5D,6D,7D,8D,9D,10D,11D,14D,15D,16D,17D,18D,19D,20D,21D,24D,25D,29D,30D,31D,32D,33D,34D. The van der Waals surface area contributed by atoms with Crippen LogP contribution in [0.25, 0.3) is 110 Å². The first-order valence-electron chi connectivity index (χ1n) is 30.0. The van der Waals surface area contributed by atoms with E-state index in [0.717, 1.165) is 16.2 Å². The number of furan rings is 1. The monoisotopic (exact) mass is 751 g/mol. The summed E-state index contributed by atoms with van der Waals surface area (Å²) in [5, 5.41) is -2.30. The van der Waals surface area contributed by atoms with Crippen LogP contribution in [0.4, 0.5) is 0 Å². The number of benzene rings is 9. The third kappa shape index (κ3) is 4.92. The molecule has 12 rings (SSSR count). The Bertz CT molecular complexity index is 4940. The lowest BCUT2D eigenvalue weighted by atomic mass is 10.0. The van der Waals surface area contributed by atoms with Crippen LogP contribution in [-0.2, 0) is 0 Å². The van der Waals surface area contributed by atoms with Crippen molar-refractivity contribution in [2.45, 2.75) is 0 Å². The summed E-state index contributed by atoms with van der Waals surface area (Å²) in [6, 6.07) is -3.43. The topological polar surface area (TPSA) is 23.0 Å². The van der Waals surface area contributed by atoms with E-state index in [-0.39, 0.29) is 33.5 Å². The first kappa shape index (κ1) is 15.9. The van der Waals surface area contributed by atoms with Gasteiger partial charge in [0.15, 0.2) is 0 Å². The van der Waals surface area contributed by atoms with Gasteiger partial charge in [0, 0.05) is 32.6 Å². The SMILES string of the molecule is [2H]c1ccc(-c2ccc(-n3c4c([2H])c([2H])c([2H])c([2H])c4c4c([2H])c(-c5cc([2H])c6c(c5[2H])c5c([2H])c([2H])c([2H])c([2H])c5n6-c5c([2H])c([2H])c([2H])c6oc7c([2H])c(-c8c([2H])c([2H])c([2H])c([2H])c8[2H])c([2H])c([2H])c7c56)c([2H])c([2H])c43)cc2)cc1. The van der Waals surface area contributed by atoms with Crippen LogP contribution in [0.3, 0.4) is 0 Å². The molecule has 266 valence electrons. The molecular weight excluding hydrogens is 693 g/mol. The molecule has 0 aliphatic heterocycles. The van der Waals surface area contributed by atoms with Gasteiger partial charge in [-0.05, 0) is 106 Å². The Balaban J connectivity index is 1.20. The second-order valence-electron chi connectivity index (χ2n) is 13.0. The van der Waals surface area contributed by atoms with Gasteiger partial charge in [-0.3, -0.25) is 0 Å². The van der Waals surface area contributed by atoms with Gasteiger partial charge in [-0.15, -0.1) is 0 Å². The van der Waals surface area contributed by atoms with Crippen LogP contribution in [0.2, 0.25) is 0 Å². The Morgan fingerprint density at radius 2 is 0.982 bits per heavy atom. The fourth-order valence-corrected chi connectivity index (χ4v) is 7.31. The highest BCUT2D eigenvalue weighted by Gasteiger charge is 2.19. The van der Waals surface area contributed by atoms with Gasteiger partial charge in [0.05, 0.1) is 67.4 Å². The second kappa shape index (κ2) is 12.5. The molecule has 0 aliphatic rings. The predicted octanol–water partition coefficient (Wildman–Crippen LogP) is 14.8. The summed E-state index contributed by atoms with van der Waals surface area (Å²) in [4.78, 5) is 0. The van der Waals surface area contributed by atoms with Crippen molar-refractivity contribution >= 4 is 65.6 Å². The molecule has 0 saturated carbocycles. The average molecular weight is 752 g/mol. The lowest BCUT2D eigenvalue weighted by Gasteiger charge is -2.11. The zero-order valence-electron chi connectivity index (χ0n) is 54.0. The van der Waals surface area contributed by atoms with E-state index < -0.39 is 217 Å². The molecule has 3 heterocycles. The van der Waals surface area contributed by atoms with Gasteiger partial charge in [0.2, 0.25) is 0 Å². The van der Waals surface area contributed by atoms with Gasteiger partial charge in [0.25, 0.3) is 0 Å². The van der Waals surface area contributed by atoms with Crippen LogP contribution in [0.5, 0.6) is 0 Å². The summed E-state index contributed by atoms with van der Waals surface area (Å²) in [5.74, 6) is 0. The minimum atomic E-state index is -0.872. The van der Waals surface area contributed by atoms with Crippen LogP contribution in [0, 0.1) is 0 Å². The number of rotatable bonds is 5. The number of hydrogen-bond acceptors (Lipinski definition) is 1. The summed E-state index contributed by atoms with van der Waals surface area (Å²) in [7, 11) is 0. The van der Waals surface area contributed by atoms with Crippen molar-refractivity contribution in [3.05, 3.63) is 206 Å². The molecule has 0 atom stereocenters. The lowest BCUT2D eigenvalue weighted by molar-refractivity contribution is 0.669. The van der Waals surface area contributed by atoms with E-state index in [4.69, 9.17) is 22.2 Å². The molecule has 0 unspecified atom stereocenters. The zero-order chi connectivity index (χ0) is 59.2. The molecule has 12 aromatic rings. The van der Waals surface area contributed by atoms with Crippen molar-refractivity contribution in [2.75, 3.05) is 0 Å². The van der Waals surface area contributed by atoms with Gasteiger partial charge >= 0.3 is 0 Å². The van der Waals surface area contributed by atoms with Crippen LogP contribution in [0.1, 0.15) is 34.3 Å². The normalized spacial score (nSPS) is 18.0. The number of fused-ring (bicyclic) bond motifs is 9. The highest BCUT2D eigenvalue weighted by atomic mass is 16.3. The van der Waals surface area contributed by atoms with Crippen LogP contribution in [0.15, 0.2) is 210 Å². The molecule has 0 saturated heterocycles. The van der Waals surface area contributed by atoms with Crippen molar-refractivity contribution in [3.8, 4) is 44.8 Å². The minimum absolute atomic E-state index is 0.152. The summed E-state index contributed by atoms with van der Waals surface area (Å²) in [6.45, 7) is 0. The lowest BCUT2D eigenvalue weighted by Crippen LogP contribution is -1.94. The Labute approximate surface area is 364 Å². The van der Waals surface area contributed by atoms with E-state index >= 15 is 0 Å². The summed E-state index contributed by atoms with van der Waals surface area (Å²) in [6.07, 6.45) is 0. The van der Waals surface area contributed by atoms with Crippen LogP contribution in [-0.4, -0.2) is 9.13 Å². The summed E-state index contributed by atoms with van der Waals surface area (Å²) < 4.78 is 235. The molecule has 0 amide bonds. The Hall–Kier alpha value is -7.62. The predicted molar refractivity (Wildman–Crippen MR) is 239 cm³/mol. The van der Waals surface area contributed by atoms with Crippen molar-refractivity contribution in [1.29, 1.82) is 0 Å². The first-order chi connectivity index (χ1) is 38.7. The summed E-state index contributed by atoms with van der Waals surface area (Å²) >= 11 is 0. The number of aromatic nitrogens is 2. The molecule has 0 spiro atoms. The van der Waals surface area contributed by atoms with E-state index in [2.05, 4.69) is 0 Å².